The van der Waals surface area contributed by atoms with Crippen LogP contribution in [0.2, 0.25) is 5.02 Å². The molecule has 0 aliphatic carbocycles. The van der Waals surface area contributed by atoms with E-state index >= 15 is 0 Å². The van der Waals surface area contributed by atoms with Gasteiger partial charge in [-0.2, -0.15) is 9.65 Å². The number of fused-ring (bicyclic) bond motifs is 1. The molecule has 0 atom stereocenters. The first kappa shape index (κ1) is 16.8. The summed E-state index contributed by atoms with van der Waals surface area (Å²) in [6.45, 7) is 0. The zero-order valence-corrected chi connectivity index (χ0v) is 14.2. The number of para-hydroxylation sites is 1. The molecule has 3 aromatic rings. The van der Waals surface area contributed by atoms with Gasteiger partial charge in [0.05, 0.1) is 30.4 Å². The average molecular weight is 358 g/mol. The predicted octanol–water partition coefficient (Wildman–Crippen LogP) is 4.66. The Balaban J connectivity index is 2.39. The van der Waals surface area contributed by atoms with Crippen molar-refractivity contribution in [3.8, 4) is 17.6 Å². The molecule has 0 radical (unpaired) electrons. The van der Waals surface area contributed by atoms with Gasteiger partial charge in [-0.25, -0.2) is 4.98 Å². The maximum Gasteiger partial charge on any atom is 0.232 e. The van der Waals surface area contributed by atoms with E-state index in [1.807, 2.05) is 30.3 Å². The number of methoxy groups -OCH3 is 2. The predicted molar refractivity (Wildman–Crippen MR) is 94.3 cm³/mol. The Labute approximate surface area is 148 Å². The fraction of sp³-hybridized carbons (Fsp3) is 0.111. The summed E-state index contributed by atoms with van der Waals surface area (Å²) in [4.78, 5) is 3.84. The number of hydrogen-bond donors (Lipinski definition) is 1. The molecule has 3 rings (SSSR count). The molecule has 0 amide bonds. The zero-order valence-electron chi connectivity index (χ0n) is 13.4. The Morgan fingerprint density at radius 3 is 2.52 bits per heavy atom. The van der Waals surface area contributed by atoms with Crippen LogP contribution >= 0.6 is 11.6 Å². The highest BCUT2D eigenvalue weighted by molar-refractivity contribution is 6.38. The molecule has 0 fully saturated rings. The van der Waals surface area contributed by atoms with E-state index in [9.17, 15) is 9.65 Å². The zero-order chi connectivity index (χ0) is 18.0. The quantitative estimate of drug-likeness (QED) is 0.688. The third-order valence-corrected chi connectivity index (χ3v) is 4.05. The normalized spacial score (nSPS) is 10.4. The van der Waals surface area contributed by atoms with Crippen molar-refractivity contribution in [1.29, 1.82) is 5.26 Å². The minimum Gasteiger partial charge on any atom is -0.493 e. The van der Waals surface area contributed by atoms with Crippen LogP contribution in [0.25, 0.3) is 10.9 Å². The molecule has 1 aromatic heterocycles. The Hall–Kier alpha value is -3.04. The van der Waals surface area contributed by atoms with Crippen LogP contribution in [0.5, 0.6) is 11.5 Å². The summed E-state index contributed by atoms with van der Waals surface area (Å²) in [5.74, 6) is -0.197. The summed E-state index contributed by atoms with van der Waals surface area (Å²) >= 11 is 6.30. The second kappa shape index (κ2) is 6.83. The van der Waals surface area contributed by atoms with E-state index in [0.29, 0.717) is 22.6 Å². The number of benzene rings is 2. The van der Waals surface area contributed by atoms with E-state index in [4.69, 9.17) is 21.1 Å². The molecule has 25 heavy (non-hydrogen) atoms. The lowest BCUT2D eigenvalue weighted by atomic mass is 10.1. The lowest BCUT2D eigenvalue weighted by Gasteiger charge is -2.18. The molecular weight excluding hydrogens is 345 g/mol. The van der Waals surface area contributed by atoms with Gasteiger partial charge in [-0.15, -0.1) is 0 Å². The number of pyridine rings is 1. The van der Waals surface area contributed by atoms with E-state index in [-0.39, 0.29) is 16.1 Å². The number of halogens is 2. The molecule has 0 saturated heterocycles. The van der Waals surface area contributed by atoms with Crippen molar-refractivity contribution in [2.24, 2.45) is 0 Å². The number of nitriles is 1. The molecule has 0 unspecified atom stereocenters. The lowest BCUT2D eigenvalue weighted by Crippen LogP contribution is -2.02. The van der Waals surface area contributed by atoms with Crippen molar-refractivity contribution < 1.29 is 13.9 Å². The molecule has 1 N–H and O–H groups in total. The first-order chi connectivity index (χ1) is 12.1. The number of aromatic nitrogens is 1. The molecule has 0 aliphatic rings. The summed E-state index contributed by atoms with van der Waals surface area (Å²) in [6, 6.07) is 12.5. The number of ether oxygens (including phenoxy) is 2. The van der Waals surface area contributed by atoms with Crippen molar-refractivity contribution in [2.45, 2.75) is 0 Å². The van der Waals surface area contributed by atoms with Crippen molar-refractivity contribution in [3.05, 3.63) is 52.9 Å². The average Bonchev–Trinajstić information content (AvgIpc) is 2.62. The van der Waals surface area contributed by atoms with Crippen LogP contribution in [-0.4, -0.2) is 19.2 Å². The Morgan fingerprint density at radius 1 is 1.20 bits per heavy atom. The number of nitrogens with one attached hydrogen (secondary N) is 1. The van der Waals surface area contributed by atoms with Crippen LogP contribution in [0.4, 0.5) is 15.8 Å². The summed E-state index contributed by atoms with van der Waals surface area (Å²) < 4.78 is 24.8. The molecule has 5 nitrogen and oxygen atoms in total. The Bertz CT molecular complexity index is 988. The summed E-state index contributed by atoms with van der Waals surface area (Å²) in [5, 5.41) is 12.7. The van der Waals surface area contributed by atoms with Crippen LogP contribution < -0.4 is 14.8 Å². The molecule has 0 bridgehead atoms. The van der Waals surface area contributed by atoms with Crippen LogP contribution in [0.3, 0.4) is 0 Å². The number of nitrogens with zero attached hydrogens (tertiary/aromatic N) is 2. The summed E-state index contributed by atoms with van der Waals surface area (Å²) in [5.41, 5.74) is 1.13. The summed E-state index contributed by atoms with van der Waals surface area (Å²) in [7, 11) is 2.95. The highest BCUT2D eigenvalue weighted by Crippen LogP contribution is 2.45. The first-order valence-corrected chi connectivity index (χ1v) is 7.64. The van der Waals surface area contributed by atoms with E-state index < -0.39 is 5.95 Å². The van der Waals surface area contributed by atoms with Gasteiger partial charge in [0.2, 0.25) is 5.95 Å². The second-order valence-corrected chi connectivity index (χ2v) is 5.45. The first-order valence-electron chi connectivity index (χ1n) is 7.26. The molecule has 0 spiro atoms. The fourth-order valence-electron chi connectivity index (χ4n) is 2.55. The number of anilines is 2. The Kier molecular flexibility index (Phi) is 4.59. The van der Waals surface area contributed by atoms with Crippen molar-refractivity contribution >= 4 is 33.9 Å². The monoisotopic (exact) mass is 357 g/mol. The van der Waals surface area contributed by atoms with E-state index in [1.54, 1.807) is 6.07 Å². The smallest absolute Gasteiger partial charge is 0.232 e. The molecular formula is C18H13ClFN3O2. The van der Waals surface area contributed by atoms with Gasteiger partial charge in [0.1, 0.15) is 11.6 Å². The maximum absolute atomic E-state index is 14.0. The van der Waals surface area contributed by atoms with Gasteiger partial charge in [0.25, 0.3) is 0 Å². The van der Waals surface area contributed by atoms with Crippen LogP contribution in [0, 0.1) is 17.3 Å². The highest BCUT2D eigenvalue weighted by atomic mass is 35.5. The van der Waals surface area contributed by atoms with Crippen molar-refractivity contribution in [3.63, 3.8) is 0 Å². The standard InChI is InChI=1S/C18H13ClFN3O2/c1-24-13-8-12-14(15(19)11(9-21)18(20)23-12)16(17(13)25-2)22-10-6-4-3-5-7-10/h3-8,22H,1-2H3. The third-order valence-electron chi connectivity index (χ3n) is 3.67. The van der Waals surface area contributed by atoms with Gasteiger partial charge in [-0.3, -0.25) is 0 Å². The largest absolute Gasteiger partial charge is 0.493 e. The van der Waals surface area contributed by atoms with Crippen LogP contribution in [-0.2, 0) is 0 Å². The molecule has 126 valence electrons. The van der Waals surface area contributed by atoms with Crippen molar-refractivity contribution in [2.75, 3.05) is 19.5 Å². The fourth-order valence-corrected chi connectivity index (χ4v) is 2.86. The van der Waals surface area contributed by atoms with E-state index in [2.05, 4.69) is 10.3 Å². The summed E-state index contributed by atoms with van der Waals surface area (Å²) in [6.07, 6.45) is 0. The minimum absolute atomic E-state index is 0.0376. The molecule has 1 heterocycles. The van der Waals surface area contributed by atoms with Crippen LogP contribution in [0.15, 0.2) is 36.4 Å². The number of hydrogen-bond acceptors (Lipinski definition) is 5. The van der Waals surface area contributed by atoms with Crippen LogP contribution in [0.1, 0.15) is 5.56 Å². The SMILES string of the molecule is COc1cc2nc(F)c(C#N)c(Cl)c2c(Nc2ccccc2)c1OC. The minimum atomic E-state index is -0.933. The molecule has 7 heteroatoms. The van der Waals surface area contributed by atoms with Crippen molar-refractivity contribution in [1.82, 2.24) is 4.98 Å². The van der Waals surface area contributed by atoms with Gasteiger partial charge in [-0.1, -0.05) is 29.8 Å². The van der Waals surface area contributed by atoms with E-state index in [0.717, 1.165) is 5.69 Å². The van der Waals surface area contributed by atoms with E-state index in [1.165, 1.54) is 20.3 Å². The maximum atomic E-state index is 14.0. The van der Waals surface area contributed by atoms with Gasteiger partial charge in [0.15, 0.2) is 11.5 Å². The molecule has 0 saturated carbocycles. The van der Waals surface area contributed by atoms with Gasteiger partial charge >= 0.3 is 0 Å². The highest BCUT2D eigenvalue weighted by Gasteiger charge is 2.22. The lowest BCUT2D eigenvalue weighted by molar-refractivity contribution is 0.357. The third kappa shape index (κ3) is 2.90. The van der Waals surface area contributed by atoms with Gasteiger partial charge < -0.3 is 14.8 Å². The number of rotatable bonds is 4. The van der Waals surface area contributed by atoms with Gasteiger partial charge in [0, 0.05) is 17.1 Å². The second-order valence-electron chi connectivity index (χ2n) is 5.08. The van der Waals surface area contributed by atoms with Gasteiger partial charge in [-0.05, 0) is 12.1 Å². The topological polar surface area (TPSA) is 67.2 Å². The molecule has 2 aromatic carbocycles. The molecule has 0 aliphatic heterocycles. The Morgan fingerprint density at radius 2 is 1.92 bits per heavy atom.